The Balaban J connectivity index is 1.75. The molecule has 5 heteroatoms. The first-order valence-corrected chi connectivity index (χ1v) is 7.96. The summed E-state index contributed by atoms with van der Waals surface area (Å²) in [5.41, 5.74) is 8.65. The number of nitrogens with one attached hydrogen (secondary N) is 2. The number of rotatable bonds is 4. The molecule has 0 spiro atoms. The maximum absolute atomic E-state index is 12.6. The van der Waals surface area contributed by atoms with Crippen LogP contribution in [0.25, 0.3) is 0 Å². The molecule has 4 N–H and O–H groups in total. The van der Waals surface area contributed by atoms with E-state index >= 15 is 0 Å². The molecule has 24 heavy (non-hydrogen) atoms. The van der Waals surface area contributed by atoms with E-state index in [4.69, 9.17) is 5.73 Å². The SMILES string of the molecule is CC(NC(=O)C(C)(N)c1ccccc1)c1ccc2c(c1)CC(=O)N2. The monoisotopic (exact) mass is 323 g/mol. The van der Waals surface area contributed by atoms with Gasteiger partial charge in [-0.05, 0) is 36.6 Å². The van der Waals surface area contributed by atoms with Gasteiger partial charge in [0, 0.05) is 5.69 Å². The zero-order valence-electron chi connectivity index (χ0n) is 13.8. The van der Waals surface area contributed by atoms with Crippen molar-refractivity contribution in [2.45, 2.75) is 31.8 Å². The summed E-state index contributed by atoms with van der Waals surface area (Å²) in [6.45, 7) is 3.61. The summed E-state index contributed by atoms with van der Waals surface area (Å²) in [5.74, 6) is -0.242. The molecule has 2 aromatic carbocycles. The molecule has 2 aromatic rings. The van der Waals surface area contributed by atoms with Crippen LogP contribution in [-0.4, -0.2) is 11.8 Å². The van der Waals surface area contributed by atoms with Crippen molar-refractivity contribution in [3.8, 4) is 0 Å². The van der Waals surface area contributed by atoms with Crippen molar-refractivity contribution in [3.05, 3.63) is 65.2 Å². The third kappa shape index (κ3) is 3.03. The molecule has 5 nitrogen and oxygen atoms in total. The summed E-state index contributed by atoms with van der Waals surface area (Å²) in [4.78, 5) is 24.1. The fourth-order valence-corrected chi connectivity index (χ4v) is 2.86. The second-order valence-electron chi connectivity index (χ2n) is 6.41. The molecular formula is C19H21N3O2. The standard InChI is InChI=1S/C19H21N3O2/c1-12(13-8-9-16-14(10-13)11-17(23)22-16)21-18(24)19(2,20)15-6-4-3-5-7-15/h3-10,12H,11,20H2,1-2H3,(H,21,24)(H,22,23). The Morgan fingerprint density at radius 1 is 1.25 bits per heavy atom. The molecule has 0 saturated heterocycles. The van der Waals surface area contributed by atoms with Gasteiger partial charge >= 0.3 is 0 Å². The van der Waals surface area contributed by atoms with Crippen molar-refractivity contribution in [3.63, 3.8) is 0 Å². The van der Waals surface area contributed by atoms with Crippen molar-refractivity contribution in [1.29, 1.82) is 0 Å². The summed E-state index contributed by atoms with van der Waals surface area (Å²) in [7, 11) is 0. The Kier molecular flexibility index (Phi) is 4.11. The minimum atomic E-state index is -1.11. The van der Waals surface area contributed by atoms with Gasteiger partial charge in [-0.3, -0.25) is 9.59 Å². The van der Waals surface area contributed by atoms with Gasteiger partial charge in [0.15, 0.2) is 0 Å². The third-order valence-electron chi connectivity index (χ3n) is 4.45. The number of fused-ring (bicyclic) bond motifs is 1. The molecule has 0 aliphatic carbocycles. The quantitative estimate of drug-likeness (QED) is 0.807. The summed E-state index contributed by atoms with van der Waals surface area (Å²) >= 11 is 0. The predicted molar refractivity (Wildman–Crippen MR) is 93.3 cm³/mol. The highest BCUT2D eigenvalue weighted by molar-refractivity contribution is 5.99. The normalized spacial score (nSPS) is 16.7. The zero-order chi connectivity index (χ0) is 17.3. The molecule has 2 unspecified atom stereocenters. The van der Waals surface area contributed by atoms with Crippen molar-refractivity contribution in [2.24, 2.45) is 5.73 Å². The largest absolute Gasteiger partial charge is 0.348 e. The topological polar surface area (TPSA) is 84.2 Å². The van der Waals surface area contributed by atoms with Crippen molar-refractivity contribution in [2.75, 3.05) is 5.32 Å². The molecule has 1 aliphatic rings. The van der Waals surface area contributed by atoms with Gasteiger partial charge in [-0.15, -0.1) is 0 Å². The molecule has 2 atom stereocenters. The summed E-state index contributed by atoms with van der Waals surface area (Å²) in [5, 5.41) is 5.77. The molecule has 0 fully saturated rings. The number of benzene rings is 2. The Hall–Kier alpha value is -2.66. The number of amides is 2. The minimum absolute atomic E-state index is 0.00236. The van der Waals surface area contributed by atoms with Gasteiger partial charge in [0.1, 0.15) is 5.54 Å². The molecule has 124 valence electrons. The Morgan fingerprint density at radius 2 is 1.96 bits per heavy atom. The predicted octanol–water partition coefficient (Wildman–Crippen LogP) is 2.23. The molecule has 0 aromatic heterocycles. The van der Waals surface area contributed by atoms with Gasteiger partial charge < -0.3 is 16.4 Å². The highest BCUT2D eigenvalue weighted by atomic mass is 16.2. The van der Waals surface area contributed by atoms with Crippen LogP contribution in [0, 0.1) is 0 Å². The average Bonchev–Trinajstić information content (AvgIpc) is 2.94. The fraction of sp³-hybridized carbons (Fsp3) is 0.263. The molecule has 3 rings (SSSR count). The van der Waals surface area contributed by atoms with Gasteiger partial charge in [-0.25, -0.2) is 0 Å². The van der Waals surface area contributed by atoms with Crippen LogP contribution in [0.5, 0.6) is 0 Å². The summed E-state index contributed by atoms with van der Waals surface area (Å²) in [6.07, 6.45) is 0.377. The average molecular weight is 323 g/mol. The Morgan fingerprint density at radius 3 is 2.67 bits per heavy atom. The van der Waals surface area contributed by atoms with Crippen LogP contribution in [0.2, 0.25) is 0 Å². The van der Waals surface area contributed by atoms with Crippen LogP contribution in [0.4, 0.5) is 5.69 Å². The van der Waals surface area contributed by atoms with Crippen molar-refractivity contribution >= 4 is 17.5 Å². The number of hydrogen-bond donors (Lipinski definition) is 3. The summed E-state index contributed by atoms with van der Waals surface area (Å²) < 4.78 is 0. The van der Waals surface area contributed by atoms with E-state index in [-0.39, 0.29) is 17.9 Å². The lowest BCUT2D eigenvalue weighted by Gasteiger charge is -2.26. The smallest absolute Gasteiger partial charge is 0.244 e. The van der Waals surface area contributed by atoms with Gasteiger partial charge in [0.05, 0.1) is 12.5 Å². The molecule has 0 bridgehead atoms. The van der Waals surface area contributed by atoms with E-state index in [1.807, 2.05) is 55.5 Å². The van der Waals surface area contributed by atoms with Crippen LogP contribution in [-0.2, 0) is 21.5 Å². The van der Waals surface area contributed by atoms with Crippen LogP contribution < -0.4 is 16.4 Å². The second kappa shape index (κ2) is 6.09. The maximum atomic E-state index is 12.6. The molecule has 2 amide bonds. The fourth-order valence-electron chi connectivity index (χ4n) is 2.86. The van der Waals surface area contributed by atoms with E-state index in [1.165, 1.54) is 0 Å². The lowest BCUT2D eigenvalue weighted by atomic mass is 9.91. The van der Waals surface area contributed by atoms with Gasteiger partial charge in [0.2, 0.25) is 11.8 Å². The van der Waals surface area contributed by atoms with E-state index < -0.39 is 5.54 Å². The van der Waals surface area contributed by atoms with Crippen LogP contribution in [0.3, 0.4) is 0 Å². The Labute approximate surface area is 141 Å². The number of nitrogens with two attached hydrogens (primary N) is 1. The van der Waals surface area contributed by atoms with E-state index in [0.29, 0.717) is 6.42 Å². The first-order valence-electron chi connectivity index (χ1n) is 7.96. The lowest BCUT2D eigenvalue weighted by Crippen LogP contribution is -2.49. The number of carbonyl (C=O) groups excluding carboxylic acids is 2. The van der Waals surface area contributed by atoms with Gasteiger partial charge in [-0.1, -0.05) is 42.5 Å². The number of anilines is 1. The van der Waals surface area contributed by atoms with Gasteiger partial charge in [0.25, 0.3) is 0 Å². The van der Waals surface area contributed by atoms with E-state index in [0.717, 1.165) is 22.4 Å². The molecule has 1 heterocycles. The van der Waals surface area contributed by atoms with Crippen molar-refractivity contribution < 1.29 is 9.59 Å². The highest BCUT2D eigenvalue weighted by Crippen LogP contribution is 2.27. The molecule has 0 radical (unpaired) electrons. The van der Waals surface area contributed by atoms with Crippen LogP contribution >= 0.6 is 0 Å². The molecule has 0 saturated carbocycles. The summed E-state index contributed by atoms with van der Waals surface area (Å²) in [6, 6.07) is 14.8. The minimum Gasteiger partial charge on any atom is -0.348 e. The highest BCUT2D eigenvalue weighted by Gasteiger charge is 2.31. The number of carbonyl (C=O) groups is 2. The Bertz CT molecular complexity index is 784. The maximum Gasteiger partial charge on any atom is 0.244 e. The first kappa shape index (κ1) is 16.2. The second-order valence-corrected chi connectivity index (χ2v) is 6.41. The first-order chi connectivity index (χ1) is 11.4. The van der Waals surface area contributed by atoms with Gasteiger partial charge in [-0.2, -0.15) is 0 Å². The lowest BCUT2D eigenvalue weighted by molar-refractivity contribution is -0.126. The molecule has 1 aliphatic heterocycles. The van der Waals surface area contributed by atoms with Crippen molar-refractivity contribution in [1.82, 2.24) is 5.32 Å². The van der Waals surface area contributed by atoms with Crippen LogP contribution in [0.1, 0.15) is 36.6 Å². The number of hydrogen-bond acceptors (Lipinski definition) is 3. The van der Waals surface area contributed by atoms with E-state index in [1.54, 1.807) is 6.92 Å². The zero-order valence-corrected chi connectivity index (χ0v) is 13.8. The van der Waals surface area contributed by atoms with E-state index in [2.05, 4.69) is 10.6 Å². The molecular weight excluding hydrogens is 302 g/mol. The third-order valence-corrected chi connectivity index (χ3v) is 4.45. The van der Waals surface area contributed by atoms with E-state index in [9.17, 15) is 9.59 Å². The van der Waals surface area contributed by atoms with Crippen LogP contribution in [0.15, 0.2) is 48.5 Å².